The minimum absolute atomic E-state index is 0.00832. The molecule has 2 N–H and O–H groups in total. The highest BCUT2D eigenvalue weighted by atomic mass is 32.2. The van der Waals surface area contributed by atoms with Crippen LogP contribution in [0, 0.1) is 5.92 Å². The zero-order valence-electron chi connectivity index (χ0n) is 22.9. The van der Waals surface area contributed by atoms with Crippen molar-refractivity contribution in [2.75, 3.05) is 37.2 Å². The van der Waals surface area contributed by atoms with E-state index < -0.39 is 51.8 Å². The smallest absolute Gasteiger partial charge is 0.220 e. The number of anilines is 2. The zero-order valence-corrected chi connectivity index (χ0v) is 18.5. The predicted octanol–water partition coefficient (Wildman–Crippen LogP) is 2.30. The Labute approximate surface area is 194 Å². The van der Waals surface area contributed by atoms with E-state index in [2.05, 4.69) is 0 Å². The van der Waals surface area contributed by atoms with Gasteiger partial charge >= 0.3 is 0 Å². The van der Waals surface area contributed by atoms with E-state index in [1.165, 1.54) is 24.3 Å². The molecule has 1 saturated heterocycles. The fourth-order valence-corrected chi connectivity index (χ4v) is 5.62. The first kappa shape index (κ1) is 15.6. The SMILES string of the molecule is [2H]C([2H])(N1CCC(C(N)=O)CC1)C([2H])([2H])C([2H])([2H])N1c2ccccc2S(=O)c2ccc(S(C)(=O)=O)cc21. The van der Waals surface area contributed by atoms with Gasteiger partial charge in [0.05, 0.1) is 36.9 Å². The molecule has 0 spiro atoms. The lowest BCUT2D eigenvalue weighted by Gasteiger charge is -2.34. The van der Waals surface area contributed by atoms with Gasteiger partial charge in [-0.2, -0.15) is 0 Å². The normalized spacial score (nSPS) is 23.9. The highest BCUT2D eigenvalue weighted by molar-refractivity contribution is 7.90. The van der Waals surface area contributed by atoms with Crippen molar-refractivity contribution in [2.45, 2.75) is 33.9 Å². The number of primary amides is 1. The van der Waals surface area contributed by atoms with Gasteiger partial charge in [-0.3, -0.25) is 4.79 Å². The Balaban J connectivity index is 1.85. The van der Waals surface area contributed by atoms with Crippen molar-refractivity contribution in [3.05, 3.63) is 42.5 Å². The van der Waals surface area contributed by atoms with Crippen LogP contribution in [0.1, 0.15) is 27.4 Å². The Morgan fingerprint density at radius 3 is 2.48 bits per heavy atom. The quantitative estimate of drug-likeness (QED) is 0.700. The molecule has 1 unspecified atom stereocenters. The van der Waals surface area contributed by atoms with E-state index in [9.17, 15) is 17.4 Å². The lowest BCUT2D eigenvalue weighted by molar-refractivity contribution is -0.123. The number of nitrogens with two attached hydrogens (primary N) is 1. The third-order valence-corrected chi connectivity index (χ3v) is 7.98. The molecule has 166 valence electrons. The second-order valence-corrected chi connectivity index (χ2v) is 10.9. The summed E-state index contributed by atoms with van der Waals surface area (Å²) in [5, 5.41) is 0. The number of benzene rings is 2. The number of para-hydroxylation sites is 1. The number of piperidine rings is 1. The Morgan fingerprint density at radius 1 is 1.13 bits per heavy atom. The van der Waals surface area contributed by atoms with E-state index in [0.717, 1.165) is 22.1 Å². The maximum atomic E-state index is 13.3. The molecule has 9 heteroatoms. The number of carbonyl (C=O) groups is 1. The summed E-state index contributed by atoms with van der Waals surface area (Å²) in [6.07, 6.45) is -1.82. The number of hydrogen-bond donors (Lipinski definition) is 1. The van der Waals surface area contributed by atoms with Crippen LogP contribution in [0.3, 0.4) is 0 Å². The summed E-state index contributed by atoms with van der Waals surface area (Å²) in [7, 11) is -5.57. The molecule has 0 radical (unpaired) electrons. The molecule has 31 heavy (non-hydrogen) atoms. The number of fused-ring (bicyclic) bond motifs is 2. The molecule has 2 heterocycles. The molecule has 2 aliphatic rings. The van der Waals surface area contributed by atoms with Crippen molar-refractivity contribution in [1.29, 1.82) is 0 Å². The molecule has 0 saturated carbocycles. The largest absolute Gasteiger partial charge is 0.369 e. The van der Waals surface area contributed by atoms with Gasteiger partial charge in [0.25, 0.3) is 0 Å². The first-order valence-corrected chi connectivity index (χ1v) is 12.8. The molecule has 1 amide bonds. The van der Waals surface area contributed by atoms with E-state index in [0.29, 0.717) is 0 Å². The van der Waals surface area contributed by atoms with E-state index in [1.54, 1.807) is 12.1 Å². The molecule has 0 bridgehead atoms. The van der Waals surface area contributed by atoms with Crippen LogP contribution in [0.15, 0.2) is 57.2 Å². The molecule has 4 rings (SSSR count). The van der Waals surface area contributed by atoms with E-state index >= 15 is 0 Å². The van der Waals surface area contributed by atoms with Crippen molar-refractivity contribution < 1.29 is 25.6 Å². The van der Waals surface area contributed by atoms with Crippen LogP contribution in [-0.2, 0) is 25.4 Å². The van der Waals surface area contributed by atoms with Gasteiger partial charge in [-0.1, -0.05) is 12.1 Å². The monoisotopic (exact) mass is 467 g/mol. The van der Waals surface area contributed by atoms with Crippen LogP contribution in [0.2, 0.25) is 0 Å². The third kappa shape index (κ3) is 4.53. The molecule has 0 aromatic heterocycles. The maximum absolute atomic E-state index is 13.3. The first-order chi connectivity index (χ1) is 17.0. The van der Waals surface area contributed by atoms with Crippen molar-refractivity contribution in [3.63, 3.8) is 0 Å². The first-order valence-electron chi connectivity index (χ1n) is 12.7. The number of likely N-dealkylation sites (tertiary alicyclic amines) is 1. The fraction of sp³-hybridized carbons (Fsp3) is 0.409. The number of hydrogen-bond acceptors (Lipinski definition) is 6. The lowest BCUT2D eigenvalue weighted by Crippen LogP contribution is -2.39. The van der Waals surface area contributed by atoms with Gasteiger partial charge in [0.15, 0.2) is 9.84 Å². The minimum Gasteiger partial charge on any atom is -0.369 e. The molecular weight excluding hydrogens is 434 g/mol. The second-order valence-electron chi connectivity index (χ2n) is 7.49. The molecule has 2 aliphatic heterocycles. The molecular formula is C22H27N3O4S2. The van der Waals surface area contributed by atoms with Gasteiger partial charge in [-0.05, 0) is 69.1 Å². The summed E-state index contributed by atoms with van der Waals surface area (Å²) in [5.74, 6) is -0.991. The van der Waals surface area contributed by atoms with Crippen molar-refractivity contribution >= 4 is 37.9 Å². The number of amides is 1. The maximum Gasteiger partial charge on any atom is 0.220 e. The Hall–Kier alpha value is -2.23. The number of rotatable bonds is 6. The van der Waals surface area contributed by atoms with E-state index in [4.69, 9.17) is 14.0 Å². The lowest BCUT2D eigenvalue weighted by atomic mass is 9.96. The van der Waals surface area contributed by atoms with Gasteiger partial charge in [0.1, 0.15) is 0 Å². The summed E-state index contributed by atoms with van der Waals surface area (Å²) in [5.41, 5.74) is 5.27. The van der Waals surface area contributed by atoms with Gasteiger partial charge in [0, 0.05) is 26.9 Å². The van der Waals surface area contributed by atoms with Gasteiger partial charge < -0.3 is 15.5 Å². The highest BCUT2D eigenvalue weighted by Gasteiger charge is 2.29. The van der Waals surface area contributed by atoms with Crippen LogP contribution < -0.4 is 10.6 Å². The summed E-state index contributed by atoms with van der Waals surface area (Å²) in [4.78, 5) is 13.7. The van der Waals surface area contributed by atoms with Crippen LogP contribution >= 0.6 is 0 Å². The summed E-state index contributed by atoms with van der Waals surface area (Å²) in [6.45, 7) is -5.96. The third-order valence-electron chi connectivity index (χ3n) is 5.38. The molecule has 2 aromatic carbocycles. The van der Waals surface area contributed by atoms with E-state index in [1.807, 2.05) is 0 Å². The van der Waals surface area contributed by atoms with Crippen molar-refractivity contribution in [2.24, 2.45) is 11.7 Å². The predicted molar refractivity (Wildman–Crippen MR) is 121 cm³/mol. The zero-order chi connectivity index (χ0) is 27.6. The fourth-order valence-electron chi connectivity index (χ4n) is 3.66. The van der Waals surface area contributed by atoms with Crippen LogP contribution in [-0.4, -0.2) is 55.8 Å². The summed E-state index contributed by atoms with van der Waals surface area (Å²) >= 11 is 0. The number of carbonyl (C=O) groups excluding carboxylic acids is 1. The molecule has 2 aromatic rings. The molecule has 7 nitrogen and oxygen atoms in total. The summed E-state index contributed by atoms with van der Waals surface area (Å²) in [6, 6.07) is 9.77. The number of sulfone groups is 1. The number of nitrogens with zero attached hydrogens (tertiary/aromatic N) is 2. The highest BCUT2D eigenvalue weighted by Crippen LogP contribution is 2.42. The average Bonchev–Trinajstić information content (AvgIpc) is 2.83. The molecule has 1 atom stereocenters. The Kier molecular flexibility index (Phi) is 4.38. The topological polar surface area (TPSA) is 101 Å². The van der Waals surface area contributed by atoms with Gasteiger partial charge in [-0.15, -0.1) is 0 Å². The molecule has 0 aliphatic carbocycles. The van der Waals surface area contributed by atoms with Gasteiger partial charge in [0.2, 0.25) is 5.91 Å². The van der Waals surface area contributed by atoms with Crippen LogP contribution in [0.4, 0.5) is 11.4 Å². The van der Waals surface area contributed by atoms with Gasteiger partial charge in [-0.25, -0.2) is 12.6 Å². The van der Waals surface area contributed by atoms with Crippen LogP contribution in [0.5, 0.6) is 0 Å². The Bertz CT molecular complexity index is 1380. The second kappa shape index (κ2) is 8.72. The standard InChI is InChI=1S/C22H27N3O4S2/c1-31(28,29)17-7-8-21-19(15-17)25(18-5-2-3-6-20(18)30(21)27)12-4-11-24-13-9-16(10-14-24)22(23)26/h2-3,5-8,15-16H,4,9-14H2,1H3,(H2,23,26)/i4D2,11D2,12D2. The summed E-state index contributed by atoms with van der Waals surface area (Å²) < 4.78 is 90.8. The van der Waals surface area contributed by atoms with Crippen molar-refractivity contribution in [3.8, 4) is 0 Å². The minimum atomic E-state index is -3.76. The average molecular weight is 468 g/mol. The van der Waals surface area contributed by atoms with Crippen LogP contribution in [0.25, 0.3) is 0 Å². The molecule has 1 fully saturated rings. The van der Waals surface area contributed by atoms with E-state index in [-0.39, 0.29) is 52.0 Å². The van der Waals surface area contributed by atoms with Crippen molar-refractivity contribution in [1.82, 2.24) is 4.90 Å². The Morgan fingerprint density at radius 2 is 1.81 bits per heavy atom.